The van der Waals surface area contributed by atoms with Gasteiger partial charge in [0, 0.05) is 0 Å². The van der Waals surface area contributed by atoms with Gasteiger partial charge in [0.15, 0.2) is 0 Å². The molecule has 0 heterocycles. The lowest BCUT2D eigenvalue weighted by atomic mass is 10.1. The summed E-state index contributed by atoms with van der Waals surface area (Å²) in [6, 6.07) is 10.9. The van der Waals surface area contributed by atoms with Crippen molar-refractivity contribution in [3.63, 3.8) is 0 Å². The van der Waals surface area contributed by atoms with Crippen LogP contribution in [0, 0.1) is 0 Å². The van der Waals surface area contributed by atoms with E-state index in [2.05, 4.69) is 68.7 Å². The monoisotopic (exact) mass is 250 g/mol. The van der Waals surface area contributed by atoms with Gasteiger partial charge in [0.25, 0.3) is 0 Å². The van der Waals surface area contributed by atoms with Crippen molar-refractivity contribution in [3.8, 4) is 0 Å². The molecule has 2 nitrogen and oxygen atoms in total. The Hall–Kier alpha value is -0.643. The van der Waals surface area contributed by atoms with E-state index in [9.17, 15) is 0 Å². The topological polar surface area (TPSA) is 24.1 Å². The third-order valence-electron chi connectivity index (χ3n) is 3.10. The van der Waals surface area contributed by atoms with E-state index >= 15 is 0 Å². The van der Waals surface area contributed by atoms with Crippen LogP contribution in [0.15, 0.2) is 30.3 Å². The van der Waals surface area contributed by atoms with Crippen molar-refractivity contribution < 1.29 is 0 Å². The molecule has 17 heavy (non-hydrogen) atoms. The molecule has 0 aliphatic heterocycles. The van der Waals surface area contributed by atoms with Gasteiger partial charge in [0.2, 0.25) is 0 Å². The average Bonchev–Trinajstić information content (AvgIpc) is 2.29. The van der Waals surface area contributed by atoms with E-state index in [1.54, 1.807) is 5.19 Å². The fraction of sp³-hybridized carbons (Fsp3) is 0.571. The lowest BCUT2D eigenvalue weighted by molar-refractivity contribution is 0.360. The van der Waals surface area contributed by atoms with Crippen LogP contribution in [-0.2, 0) is 0 Å². The molecular weight excluding hydrogens is 224 g/mol. The molecule has 0 atom stereocenters. The second kappa shape index (κ2) is 6.94. The highest BCUT2D eigenvalue weighted by Gasteiger charge is 2.28. The van der Waals surface area contributed by atoms with Gasteiger partial charge in [-0.2, -0.15) is 0 Å². The number of hydrogen-bond donors (Lipinski definition) is 2. The molecule has 0 saturated heterocycles. The second-order valence-corrected chi connectivity index (χ2v) is 8.19. The number of hydrogen-bond acceptors (Lipinski definition) is 2. The maximum absolute atomic E-state index is 3.57. The molecule has 0 aliphatic carbocycles. The van der Waals surface area contributed by atoms with Crippen molar-refractivity contribution >= 4 is 14.7 Å². The summed E-state index contributed by atoms with van der Waals surface area (Å²) in [5, 5.41) is 9.02. The lowest BCUT2D eigenvalue weighted by Crippen LogP contribution is -2.52. The molecule has 0 amide bonds. The van der Waals surface area contributed by atoms with E-state index in [4.69, 9.17) is 0 Å². The van der Waals surface area contributed by atoms with Gasteiger partial charge in [-0.25, -0.2) is 0 Å². The van der Waals surface area contributed by atoms with Crippen LogP contribution in [0.2, 0.25) is 5.04 Å². The van der Waals surface area contributed by atoms with Crippen LogP contribution < -0.4 is 15.8 Å². The van der Waals surface area contributed by atoms with E-state index in [1.807, 2.05) is 0 Å². The highest BCUT2D eigenvalue weighted by molar-refractivity contribution is 6.56. The van der Waals surface area contributed by atoms with Gasteiger partial charge in [0.05, 0.1) is 15.7 Å². The Morgan fingerprint density at radius 3 is 2.06 bits per heavy atom. The standard InChI is InChI=1S/C14H26N2Si/c1-5-15-13(16-6-2)14(3,4)17-12-10-8-7-9-11-12/h7-11,13,15-16H,5-6,17H2,1-4H3. The summed E-state index contributed by atoms with van der Waals surface area (Å²) in [4.78, 5) is 0. The minimum atomic E-state index is -0.297. The summed E-state index contributed by atoms with van der Waals surface area (Å²) in [7, 11) is -0.297. The molecule has 1 aromatic carbocycles. The molecule has 0 aromatic heterocycles. The highest BCUT2D eigenvalue weighted by Crippen LogP contribution is 2.25. The van der Waals surface area contributed by atoms with Crippen molar-refractivity contribution in [1.29, 1.82) is 0 Å². The van der Waals surface area contributed by atoms with Gasteiger partial charge >= 0.3 is 0 Å². The van der Waals surface area contributed by atoms with Crippen molar-refractivity contribution in [2.24, 2.45) is 0 Å². The van der Waals surface area contributed by atoms with Gasteiger partial charge in [-0.15, -0.1) is 0 Å². The maximum atomic E-state index is 3.57. The molecule has 0 spiro atoms. The molecule has 96 valence electrons. The Morgan fingerprint density at radius 2 is 1.59 bits per heavy atom. The summed E-state index contributed by atoms with van der Waals surface area (Å²) < 4.78 is 0. The number of benzene rings is 1. The van der Waals surface area contributed by atoms with Gasteiger partial charge in [-0.05, 0) is 18.1 Å². The largest absolute Gasteiger partial charge is 0.302 e. The highest BCUT2D eigenvalue weighted by atomic mass is 28.2. The normalized spacial score (nSPS) is 12.8. The zero-order valence-corrected chi connectivity index (χ0v) is 13.0. The Morgan fingerprint density at radius 1 is 1.06 bits per heavy atom. The second-order valence-electron chi connectivity index (χ2n) is 5.20. The number of nitrogens with one attached hydrogen (secondary N) is 2. The van der Waals surface area contributed by atoms with Crippen LogP contribution in [0.1, 0.15) is 27.7 Å². The first-order valence-corrected chi connectivity index (χ1v) is 8.02. The van der Waals surface area contributed by atoms with Crippen molar-refractivity contribution in [3.05, 3.63) is 30.3 Å². The molecule has 0 bridgehead atoms. The molecule has 0 radical (unpaired) electrons. The molecule has 2 N–H and O–H groups in total. The minimum Gasteiger partial charge on any atom is -0.302 e. The third-order valence-corrected chi connectivity index (χ3v) is 5.30. The predicted molar refractivity (Wildman–Crippen MR) is 79.8 cm³/mol. The van der Waals surface area contributed by atoms with Crippen molar-refractivity contribution in [2.45, 2.75) is 38.9 Å². The van der Waals surface area contributed by atoms with E-state index in [-0.39, 0.29) is 9.52 Å². The van der Waals surface area contributed by atoms with Gasteiger partial charge in [-0.1, -0.05) is 63.2 Å². The van der Waals surface area contributed by atoms with Crippen molar-refractivity contribution in [1.82, 2.24) is 10.6 Å². The molecule has 1 aromatic rings. The first-order valence-electron chi connectivity index (χ1n) is 6.61. The van der Waals surface area contributed by atoms with E-state index in [1.165, 1.54) is 0 Å². The summed E-state index contributed by atoms with van der Waals surface area (Å²) in [5.74, 6) is 0. The lowest BCUT2D eigenvalue weighted by Gasteiger charge is -2.35. The van der Waals surface area contributed by atoms with Crippen LogP contribution in [0.3, 0.4) is 0 Å². The van der Waals surface area contributed by atoms with Gasteiger partial charge in [0.1, 0.15) is 0 Å². The molecule has 1 rings (SSSR count). The first kappa shape index (κ1) is 14.4. The molecule has 3 heteroatoms. The Kier molecular flexibility index (Phi) is 5.89. The zero-order valence-electron chi connectivity index (χ0n) is 11.6. The maximum Gasteiger partial charge on any atom is 0.0637 e. The molecule has 0 saturated carbocycles. The molecule has 0 unspecified atom stereocenters. The van der Waals surface area contributed by atoms with Crippen LogP contribution in [0.5, 0.6) is 0 Å². The van der Waals surface area contributed by atoms with E-state index < -0.39 is 0 Å². The Bertz CT molecular complexity index is 305. The van der Waals surface area contributed by atoms with Gasteiger partial charge < -0.3 is 10.6 Å². The van der Waals surface area contributed by atoms with Crippen LogP contribution in [0.25, 0.3) is 0 Å². The Labute approximate surface area is 108 Å². The SMILES string of the molecule is CCNC(NCC)C(C)(C)[SiH2]c1ccccc1. The van der Waals surface area contributed by atoms with Gasteiger partial charge in [-0.3, -0.25) is 0 Å². The smallest absolute Gasteiger partial charge is 0.0637 e. The third kappa shape index (κ3) is 4.62. The first-order chi connectivity index (χ1) is 8.10. The summed E-state index contributed by atoms with van der Waals surface area (Å²) >= 11 is 0. The summed E-state index contributed by atoms with van der Waals surface area (Å²) in [5.41, 5.74) is 0. The van der Waals surface area contributed by atoms with Crippen LogP contribution in [-0.4, -0.2) is 28.8 Å². The molecule has 0 aliphatic rings. The zero-order chi connectivity index (χ0) is 12.7. The Balaban J connectivity index is 2.70. The number of rotatable bonds is 7. The predicted octanol–water partition coefficient (Wildman–Crippen LogP) is 1.22. The minimum absolute atomic E-state index is 0.297. The average molecular weight is 250 g/mol. The molecular formula is C14H26N2Si. The fourth-order valence-corrected chi connectivity index (χ4v) is 4.31. The van der Waals surface area contributed by atoms with E-state index in [0.29, 0.717) is 11.2 Å². The van der Waals surface area contributed by atoms with E-state index in [0.717, 1.165) is 13.1 Å². The molecule has 0 fully saturated rings. The summed E-state index contributed by atoms with van der Waals surface area (Å²) in [6.07, 6.45) is 0.421. The fourth-order valence-electron chi connectivity index (χ4n) is 2.26. The van der Waals surface area contributed by atoms with Crippen molar-refractivity contribution in [2.75, 3.05) is 13.1 Å². The van der Waals surface area contributed by atoms with Crippen LogP contribution in [0.4, 0.5) is 0 Å². The van der Waals surface area contributed by atoms with Crippen LogP contribution >= 0.6 is 0 Å². The quantitative estimate of drug-likeness (QED) is 0.562. The summed E-state index contributed by atoms with van der Waals surface area (Å²) in [6.45, 7) is 11.1.